The quantitative estimate of drug-likeness (QED) is 0.748. The lowest BCUT2D eigenvalue weighted by molar-refractivity contribution is 0.601. The molecule has 0 aliphatic rings. The van der Waals surface area contributed by atoms with Crippen molar-refractivity contribution >= 4 is 64.6 Å². The lowest BCUT2D eigenvalue weighted by atomic mass is 10.4. The molecule has 0 aliphatic heterocycles. The van der Waals surface area contributed by atoms with Gasteiger partial charge < -0.3 is 0 Å². The third-order valence-corrected chi connectivity index (χ3v) is 6.50. The van der Waals surface area contributed by atoms with E-state index in [2.05, 4.69) is 31.9 Å². The summed E-state index contributed by atoms with van der Waals surface area (Å²) in [6, 6.07) is 1.76. The lowest BCUT2D eigenvalue weighted by Gasteiger charge is -2.04. The van der Waals surface area contributed by atoms with Crippen LogP contribution in [0.15, 0.2) is 9.85 Å². The molecule has 0 bridgehead atoms. The van der Waals surface area contributed by atoms with Crippen LogP contribution in [0, 0.1) is 0 Å². The molecule has 1 atom stereocenters. The van der Waals surface area contributed by atoms with Crippen molar-refractivity contribution in [3.05, 3.63) is 19.8 Å². The highest BCUT2D eigenvalue weighted by Gasteiger charge is 2.17. The normalized spacial score (nSPS) is 14.3. The van der Waals surface area contributed by atoms with Crippen molar-refractivity contribution in [3.63, 3.8) is 0 Å². The molecule has 0 saturated carbocycles. The molecule has 0 saturated heterocycles. The molecule has 0 aliphatic carbocycles. The molecule has 0 fully saturated rings. The van der Waals surface area contributed by atoms with Gasteiger partial charge in [-0.15, -0.1) is 11.3 Å². The van der Waals surface area contributed by atoms with E-state index in [1.807, 2.05) is 0 Å². The molecule has 1 unspecified atom stereocenters. The summed E-state index contributed by atoms with van der Waals surface area (Å²) in [5.41, 5.74) is 0. The van der Waals surface area contributed by atoms with Crippen molar-refractivity contribution in [2.24, 2.45) is 0 Å². The average Bonchev–Trinajstić information content (AvgIpc) is 2.28. The van der Waals surface area contributed by atoms with Crippen LogP contribution < -0.4 is 0 Å². The van der Waals surface area contributed by atoms with E-state index in [4.69, 9.17) is 11.6 Å². The number of sulfone groups is 1. The van der Waals surface area contributed by atoms with Crippen LogP contribution in [0.4, 0.5) is 0 Å². The van der Waals surface area contributed by atoms with Gasteiger partial charge >= 0.3 is 0 Å². The Labute approximate surface area is 109 Å². The summed E-state index contributed by atoms with van der Waals surface area (Å²) in [6.07, 6.45) is 1.21. The van der Waals surface area contributed by atoms with E-state index in [0.717, 1.165) is 8.66 Å². The van der Waals surface area contributed by atoms with Crippen molar-refractivity contribution in [2.75, 3.05) is 12.0 Å². The predicted molar refractivity (Wildman–Crippen MR) is 68.4 cm³/mol. The van der Waals surface area contributed by atoms with Gasteiger partial charge in [0, 0.05) is 11.1 Å². The summed E-state index contributed by atoms with van der Waals surface area (Å²) in [4.78, 5) is 0.721. The molecule has 14 heavy (non-hydrogen) atoms. The second kappa shape index (κ2) is 4.82. The molecule has 0 radical (unpaired) electrons. The van der Waals surface area contributed by atoms with Crippen LogP contribution in [0.1, 0.15) is 9.70 Å². The highest BCUT2D eigenvalue weighted by Crippen LogP contribution is 2.38. The molecule has 0 spiro atoms. The Balaban J connectivity index is 2.85. The van der Waals surface area contributed by atoms with Crippen molar-refractivity contribution < 1.29 is 8.42 Å². The van der Waals surface area contributed by atoms with Gasteiger partial charge in [-0.25, -0.2) is 8.42 Å². The number of halogens is 3. The van der Waals surface area contributed by atoms with Crippen LogP contribution in [0.3, 0.4) is 0 Å². The highest BCUT2D eigenvalue weighted by atomic mass is 79.9. The maximum Gasteiger partial charge on any atom is 0.148 e. The molecule has 0 amide bonds. The first kappa shape index (κ1) is 13.0. The molecule has 1 aromatic heterocycles. The van der Waals surface area contributed by atoms with Gasteiger partial charge in [0.15, 0.2) is 0 Å². The molecule has 1 aromatic rings. The van der Waals surface area contributed by atoms with E-state index in [9.17, 15) is 8.42 Å². The zero-order valence-corrected chi connectivity index (χ0v) is 12.7. The summed E-state index contributed by atoms with van der Waals surface area (Å²) < 4.78 is 22.9. The zero-order chi connectivity index (χ0) is 10.9. The van der Waals surface area contributed by atoms with Crippen molar-refractivity contribution in [1.82, 2.24) is 0 Å². The largest absolute Gasteiger partial charge is 0.229 e. The SMILES string of the molecule is CS(=O)(=O)CC(Br)c1cc(Cl)c(Br)s1. The molecular weight excluding hydrogens is 375 g/mol. The van der Waals surface area contributed by atoms with Crippen LogP contribution in [-0.2, 0) is 9.84 Å². The lowest BCUT2D eigenvalue weighted by Crippen LogP contribution is -2.07. The maximum absolute atomic E-state index is 11.0. The first-order valence-corrected chi connectivity index (χ1v) is 8.52. The third-order valence-electron chi connectivity index (χ3n) is 1.42. The van der Waals surface area contributed by atoms with Gasteiger partial charge in [0.1, 0.15) is 9.84 Å². The van der Waals surface area contributed by atoms with Gasteiger partial charge in [0.25, 0.3) is 0 Å². The summed E-state index contributed by atoms with van der Waals surface area (Å²) in [5.74, 6) is 0.0796. The first-order chi connectivity index (χ1) is 6.29. The van der Waals surface area contributed by atoms with E-state index in [1.165, 1.54) is 17.6 Å². The molecule has 7 heteroatoms. The summed E-state index contributed by atoms with van der Waals surface area (Å²) in [5, 5.41) is 0.614. The van der Waals surface area contributed by atoms with Gasteiger partial charge in [0.2, 0.25) is 0 Å². The zero-order valence-electron chi connectivity index (χ0n) is 7.13. The number of thiophene rings is 1. The highest BCUT2D eigenvalue weighted by molar-refractivity contribution is 9.11. The molecule has 1 heterocycles. The average molecular weight is 383 g/mol. The number of hydrogen-bond acceptors (Lipinski definition) is 3. The maximum atomic E-state index is 11.0. The Kier molecular flexibility index (Phi) is 4.47. The first-order valence-electron chi connectivity index (χ1n) is 3.56. The van der Waals surface area contributed by atoms with E-state index >= 15 is 0 Å². The number of alkyl halides is 1. The fourth-order valence-electron chi connectivity index (χ4n) is 0.866. The van der Waals surface area contributed by atoms with E-state index in [-0.39, 0.29) is 10.6 Å². The Morgan fingerprint density at radius 1 is 1.64 bits per heavy atom. The summed E-state index contributed by atoms with van der Waals surface area (Å²) in [6.45, 7) is 0. The van der Waals surface area contributed by atoms with Crippen LogP contribution in [0.25, 0.3) is 0 Å². The Morgan fingerprint density at radius 3 is 2.57 bits per heavy atom. The minimum atomic E-state index is -2.97. The Morgan fingerprint density at radius 2 is 2.21 bits per heavy atom. The fraction of sp³-hybridized carbons (Fsp3) is 0.429. The van der Waals surface area contributed by atoms with E-state index < -0.39 is 9.84 Å². The van der Waals surface area contributed by atoms with Crippen molar-refractivity contribution in [2.45, 2.75) is 4.83 Å². The topological polar surface area (TPSA) is 34.1 Å². The molecule has 0 N–H and O–H groups in total. The molecular formula is C7H7Br2ClO2S2. The van der Waals surface area contributed by atoms with Crippen LogP contribution >= 0.6 is 54.8 Å². The second-order valence-corrected chi connectivity index (χ2v) is 8.93. The van der Waals surface area contributed by atoms with Crippen molar-refractivity contribution in [1.29, 1.82) is 0 Å². The molecule has 80 valence electrons. The van der Waals surface area contributed by atoms with Gasteiger partial charge in [-0.05, 0) is 22.0 Å². The van der Waals surface area contributed by atoms with Gasteiger partial charge in [-0.3, -0.25) is 0 Å². The molecule has 0 aromatic carbocycles. The number of rotatable bonds is 3. The Bertz CT molecular complexity index is 407. The van der Waals surface area contributed by atoms with Gasteiger partial charge in [0.05, 0.1) is 19.4 Å². The second-order valence-electron chi connectivity index (χ2n) is 2.83. The smallest absolute Gasteiger partial charge is 0.148 e. The molecule has 1 rings (SSSR count). The van der Waals surface area contributed by atoms with E-state index in [1.54, 1.807) is 6.07 Å². The monoisotopic (exact) mass is 380 g/mol. The van der Waals surface area contributed by atoms with Crippen LogP contribution in [-0.4, -0.2) is 20.4 Å². The summed E-state index contributed by atoms with van der Waals surface area (Å²) >= 11 is 13.9. The van der Waals surface area contributed by atoms with Crippen LogP contribution in [0.2, 0.25) is 5.02 Å². The Hall–Kier alpha value is 0.900. The van der Waals surface area contributed by atoms with Gasteiger partial charge in [-0.2, -0.15) is 0 Å². The minimum Gasteiger partial charge on any atom is -0.229 e. The fourth-order valence-corrected chi connectivity index (χ4v) is 5.26. The minimum absolute atomic E-state index is 0.0796. The van der Waals surface area contributed by atoms with E-state index in [0.29, 0.717) is 5.02 Å². The molecule has 2 nitrogen and oxygen atoms in total. The predicted octanol–water partition coefficient (Wildman–Crippen LogP) is 3.64. The van der Waals surface area contributed by atoms with Gasteiger partial charge in [-0.1, -0.05) is 27.5 Å². The third kappa shape index (κ3) is 3.81. The standard InChI is InChI=1S/C7H7Br2ClO2S2/c1-14(11,12)3-4(8)6-2-5(10)7(9)13-6/h2,4H,3H2,1H3. The summed E-state index contributed by atoms with van der Waals surface area (Å²) in [7, 11) is -2.97. The number of hydrogen-bond donors (Lipinski definition) is 0. The van der Waals surface area contributed by atoms with Crippen LogP contribution in [0.5, 0.6) is 0 Å². The van der Waals surface area contributed by atoms with Crippen molar-refractivity contribution in [3.8, 4) is 0 Å².